The molecule has 3 heterocycles. The van der Waals surface area contributed by atoms with Crippen molar-refractivity contribution in [3.8, 4) is 0 Å². The fraction of sp³-hybridized carbons (Fsp3) is 0.474. The Morgan fingerprint density at radius 2 is 2.26 bits per heavy atom. The first-order valence-electron chi connectivity index (χ1n) is 8.71. The van der Waals surface area contributed by atoms with E-state index in [0.717, 1.165) is 5.69 Å². The molecule has 1 amide bonds. The van der Waals surface area contributed by atoms with Crippen LogP contribution in [-0.4, -0.2) is 31.6 Å². The van der Waals surface area contributed by atoms with Gasteiger partial charge in [0.25, 0.3) is 5.56 Å². The SMILES string of the molecule is C=C(O)C[C@@H](C)NC(=O)[C@@H]1Cc2nc3cc(C([CH2-])(C)C)[nH]c3c(=O)n2C1.[Y]. The van der Waals surface area contributed by atoms with Gasteiger partial charge in [-0.2, -0.15) is 0 Å². The molecule has 3 rings (SSSR count). The standard InChI is InChI=1S/C19H25N4O3.Y/c1-10(6-11(2)24)20-17(25)12-7-15-21-13-8-14(19(3,4)5)22-16(13)18(26)23(15)9-12;/h8,10,12,22,24H,2-3,6-7,9H2,1,4-5H3,(H,20,25);/q-1;/t10-,12-;/m1./s1. The first-order valence-corrected chi connectivity index (χ1v) is 8.71. The summed E-state index contributed by atoms with van der Waals surface area (Å²) in [7, 11) is 0. The Labute approximate surface area is 183 Å². The minimum absolute atomic E-state index is 0. The summed E-state index contributed by atoms with van der Waals surface area (Å²) in [5.41, 5.74) is 1.41. The van der Waals surface area contributed by atoms with Crippen LogP contribution in [0.2, 0.25) is 0 Å². The first kappa shape index (κ1) is 21.8. The molecule has 1 aliphatic heterocycles. The normalized spacial score (nSPS) is 17.3. The minimum atomic E-state index is -0.350. The van der Waals surface area contributed by atoms with Gasteiger partial charge in [-0.25, -0.2) is 4.98 Å². The summed E-state index contributed by atoms with van der Waals surface area (Å²) in [4.78, 5) is 33.0. The number of carbonyl (C=O) groups is 1. The molecule has 7 nitrogen and oxygen atoms in total. The molecule has 1 radical (unpaired) electrons. The van der Waals surface area contributed by atoms with E-state index >= 15 is 0 Å². The van der Waals surface area contributed by atoms with Crippen LogP contribution in [0.1, 0.15) is 38.7 Å². The van der Waals surface area contributed by atoms with Crippen molar-refractivity contribution in [1.82, 2.24) is 19.9 Å². The van der Waals surface area contributed by atoms with Gasteiger partial charge in [0.1, 0.15) is 11.3 Å². The van der Waals surface area contributed by atoms with Crippen LogP contribution in [0.25, 0.3) is 11.0 Å². The van der Waals surface area contributed by atoms with Crippen LogP contribution in [0.3, 0.4) is 0 Å². The molecule has 1 aliphatic rings. The van der Waals surface area contributed by atoms with Crippen molar-refractivity contribution in [2.45, 2.75) is 51.6 Å². The molecule has 8 heteroatoms. The Balaban J connectivity index is 0.00000261. The van der Waals surface area contributed by atoms with E-state index in [-0.39, 0.29) is 67.3 Å². The van der Waals surface area contributed by atoms with Crippen molar-refractivity contribution in [2.75, 3.05) is 0 Å². The quantitative estimate of drug-likeness (QED) is 0.483. The second kappa shape index (κ2) is 7.88. The van der Waals surface area contributed by atoms with Crippen molar-refractivity contribution in [3.05, 3.63) is 47.2 Å². The maximum Gasteiger partial charge on any atom is 0.277 e. The number of aromatic amines is 1. The summed E-state index contributed by atoms with van der Waals surface area (Å²) in [6.45, 7) is 13.6. The van der Waals surface area contributed by atoms with Crippen LogP contribution < -0.4 is 10.9 Å². The van der Waals surface area contributed by atoms with E-state index in [0.29, 0.717) is 36.2 Å². The largest absolute Gasteiger partial charge is 0.513 e. The number of hydrogen-bond acceptors (Lipinski definition) is 4. The molecular formula is C19H25N4O3Y-. The van der Waals surface area contributed by atoms with Gasteiger partial charge in [-0.3, -0.25) is 14.2 Å². The van der Waals surface area contributed by atoms with Gasteiger partial charge in [-0.15, -0.1) is 5.41 Å². The molecule has 0 aliphatic carbocycles. The molecule has 27 heavy (non-hydrogen) atoms. The van der Waals surface area contributed by atoms with Gasteiger partial charge in [-0.05, 0) is 18.7 Å². The summed E-state index contributed by atoms with van der Waals surface area (Å²) < 4.78 is 1.57. The van der Waals surface area contributed by atoms with Gasteiger partial charge >= 0.3 is 0 Å². The molecule has 2 aromatic rings. The fourth-order valence-electron chi connectivity index (χ4n) is 3.30. The van der Waals surface area contributed by atoms with Crippen molar-refractivity contribution in [1.29, 1.82) is 0 Å². The number of nitrogens with zero attached hydrogens (tertiary/aromatic N) is 2. The number of hydrogen-bond donors (Lipinski definition) is 3. The zero-order valence-electron chi connectivity index (χ0n) is 16.0. The summed E-state index contributed by atoms with van der Waals surface area (Å²) in [6.07, 6.45) is 0.717. The van der Waals surface area contributed by atoms with E-state index in [1.807, 2.05) is 19.9 Å². The van der Waals surface area contributed by atoms with Crippen molar-refractivity contribution in [3.63, 3.8) is 0 Å². The predicted octanol–water partition coefficient (Wildman–Crippen LogP) is 1.97. The number of H-pyrrole nitrogens is 1. The Kier molecular flexibility index (Phi) is 6.37. The summed E-state index contributed by atoms with van der Waals surface area (Å²) in [6, 6.07) is 1.64. The van der Waals surface area contributed by atoms with Gasteiger partial charge in [0.05, 0.1) is 17.2 Å². The molecule has 2 atom stereocenters. The molecular weight excluding hydrogens is 421 g/mol. The van der Waals surface area contributed by atoms with Crippen LogP contribution >= 0.6 is 0 Å². The molecule has 0 saturated heterocycles. The zero-order valence-corrected chi connectivity index (χ0v) is 18.8. The maximum absolute atomic E-state index is 12.8. The van der Waals surface area contributed by atoms with Crippen LogP contribution in [0.5, 0.6) is 0 Å². The third-order valence-electron chi connectivity index (χ3n) is 4.68. The Hall–Kier alpha value is -1.47. The number of nitrogens with one attached hydrogen (secondary N) is 2. The number of fused-ring (bicyclic) bond motifs is 2. The van der Waals surface area contributed by atoms with E-state index in [1.54, 1.807) is 11.5 Å². The summed E-state index contributed by atoms with van der Waals surface area (Å²) >= 11 is 0. The predicted molar refractivity (Wildman–Crippen MR) is 99.9 cm³/mol. The van der Waals surface area contributed by atoms with Gasteiger partial charge in [-0.1, -0.05) is 20.4 Å². The number of rotatable bonds is 5. The molecule has 0 bridgehead atoms. The van der Waals surface area contributed by atoms with E-state index in [4.69, 9.17) is 0 Å². The topological polar surface area (TPSA) is 100 Å². The summed E-state index contributed by atoms with van der Waals surface area (Å²) in [5.74, 6) is 0.157. The van der Waals surface area contributed by atoms with Gasteiger partial charge < -0.3 is 22.3 Å². The molecule has 0 spiro atoms. The molecule has 0 fully saturated rings. The number of aliphatic hydroxyl groups excluding tert-OH is 1. The Morgan fingerprint density at radius 1 is 1.59 bits per heavy atom. The number of aliphatic hydroxyl groups is 1. The van der Waals surface area contributed by atoms with E-state index in [1.165, 1.54) is 0 Å². The minimum Gasteiger partial charge on any atom is -0.513 e. The van der Waals surface area contributed by atoms with Crippen molar-refractivity contribution in [2.24, 2.45) is 5.92 Å². The number of aromatic nitrogens is 3. The summed E-state index contributed by atoms with van der Waals surface area (Å²) in [5, 5.41) is 12.1. The number of carbonyl (C=O) groups excluding carboxylic acids is 1. The van der Waals surface area contributed by atoms with Gasteiger partial charge in [0.15, 0.2) is 0 Å². The van der Waals surface area contributed by atoms with E-state index in [9.17, 15) is 14.7 Å². The van der Waals surface area contributed by atoms with Gasteiger partial charge in [0, 0.05) is 58.1 Å². The molecule has 0 aromatic carbocycles. The number of amides is 1. The third kappa shape index (κ3) is 4.51. The molecule has 0 saturated carbocycles. The van der Waals surface area contributed by atoms with Crippen molar-refractivity contribution >= 4 is 16.9 Å². The molecule has 3 N–H and O–H groups in total. The maximum atomic E-state index is 12.8. The van der Waals surface area contributed by atoms with Gasteiger partial charge in [0.2, 0.25) is 5.91 Å². The Bertz CT molecular complexity index is 939. The zero-order chi connectivity index (χ0) is 19.2. The van der Waals surface area contributed by atoms with Crippen LogP contribution in [0.15, 0.2) is 23.2 Å². The van der Waals surface area contributed by atoms with Crippen LogP contribution in [0, 0.1) is 12.8 Å². The van der Waals surface area contributed by atoms with Crippen molar-refractivity contribution < 1.29 is 42.6 Å². The second-order valence-electron chi connectivity index (χ2n) is 7.85. The second-order valence-corrected chi connectivity index (χ2v) is 7.85. The fourth-order valence-corrected chi connectivity index (χ4v) is 3.30. The van der Waals surface area contributed by atoms with E-state index < -0.39 is 0 Å². The third-order valence-corrected chi connectivity index (χ3v) is 4.68. The van der Waals surface area contributed by atoms with Crippen LogP contribution in [0.4, 0.5) is 0 Å². The average molecular weight is 446 g/mol. The molecule has 2 aromatic heterocycles. The van der Waals surface area contributed by atoms with Crippen LogP contribution in [-0.2, 0) is 55.9 Å². The average Bonchev–Trinajstić information content (AvgIpc) is 3.10. The monoisotopic (exact) mass is 446 g/mol. The van der Waals surface area contributed by atoms with E-state index in [2.05, 4.69) is 28.8 Å². The first-order chi connectivity index (χ1) is 12.1. The smallest absolute Gasteiger partial charge is 0.277 e. The Morgan fingerprint density at radius 3 is 2.85 bits per heavy atom. The molecule has 143 valence electrons. The molecule has 0 unspecified atom stereocenters.